The van der Waals surface area contributed by atoms with Crippen molar-refractivity contribution in [2.24, 2.45) is 5.92 Å². The number of methoxy groups -OCH3 is 2. The number of ether oxygens (including phenoxy) is 3. The summed E-state index contributed by atoms with van der Waals surface area (Å²) in [5.41, 5.74) is 1.53. The number of aromatic nitrogens is 4. The van der Waals surface area contributed by atoms with Crippen LogP contribution in [0.15, 0.2) is 47.5 Å². The van der Waals surface area contributed by atoms with Gasteiger partial charge in [0.05, 0.1) is 42.7 Å². The van der Waals surface area contributed by atoms with Crippen LogP contribution in [0.3, 0.4) is 0 Å². The fraction of sp³-hybridized carbons (Fsp3) is 0.333. The minimum Gasteiger partial charge on any atom is -0.490 e. The number of hydrogen-bond donors (Lipinski definition) is 0. The van der Waals surface area contributed by atoms with Gasteiger partial charge in [-0.2, -0.15) is 5.10 Å². The summed E-state index contributed by atoms with van der Waals surface area (Å²) in [6.07, 6.45) is 4.82. The van der Waals surface area contributed by atoms with Crippen LogP contribution in [0.1, 0.15) is 30.3 Å². The maximum absolute atomic E-state index is 13.1. The van der Waals surface area contributed by atoms with Gasteiger partial charge >= 0.3 is 5.97 Å². The van der Waals surface area contributed by atoms with E-state index in [1.54, 1.807) is 28.9 Å². The summed E-state index contributed by atoms with van der Waals surface area (Å²) < 4.78 is 19.4. The predicted molar refractivity (Wildman–Crippen MR) is 125 cm³/mol. The Kier molecular flexibility index (Phi) is 5.97. The second-order valence-electron chi connectivity index (χ2n) is 8.27. The molecule has 0 amide bonds. The van der Waals surface area contributed by atoms with E-state index in [2.05, 4.69) is 10.1 Å². The molecular weight excluding hydrogens is 460 g/mol. The first kappa shape index (κ1) is 22.4. The van der Waals surface area contributed by atoms with Crippen LogP contribution in [0.4, 0.5) is 0 Å². The molecule has 0 spiro atoms. The molecule has 1 saturated carbocycles. The average molecular weight is 483 g/mol. The van der Waals surface area contributed by atoms with Gasteiger partial charge in [0.1, 0.15) is 11.3 Å². The first-order valence-electron chi connectivity index (χ1n) is 10.9. The van der Waals surface area contributed by atoms with Crippen LogP contribution in [0, 0.1) is 5.92 Å². The van der Waals surface area contributed by atoms with E-state index >= 15 is 0 Å². The third-order valence-electron chi connectivity index (χ3n) is 5.83. The fourth-order valence-corrected chi connectivity index (χ4v) is 4.05. The highest BCUT2D eigenvalue weighted by molar-refractivity contribution is 6.32. The number of carbonyl (C=O) groups excluding carboxylic acids is 1. The highest BCUT2D eigenvalue weighted by Gasteiger charge is 2.28. The number of esters is 1. The van der Waals surface area contributed by atoms with Gasteiger partial charge in [0.2, 0.25) is 11.5 Å². The number of benzene rings is 1. The minimum atomic E-state index is -1.24. The molecule has 0 aliphatic heterocycles. The van der Waals surface area contributed by atoms with Gasteiger partial charge in [-0.25, -0.2) is 9.78 Å². The van der Waals surface area contributed by atoms with E-state index in [0.29, 0.717) is 45.5 Å². The van der Waals surface area contributed by atoms with E-state index in [1.165, 1.54) is 27.1 Å². The zero-order valence-electron chi connectivity index (χ0n) is 18.7. The number of hydrogen-bond acceptors (Lipinski definition) is 7. The van der Waals surface area contributed by atoms with Gasteiger partial charge in [0, 0.05) is 24.8 Å². The van der Waals surface area contributed by atoms with Gasteiger partial charge in [0.25, 0.3) is 0 Å². The summed E-state index contributed by atoms with van der Waals surface area (Å²) in [6.45, 7) is 0.909. The van der Waals surface area contributed by atoms with Crippen molar-refractivity contribution in [3.8, 4) is 5.75 Å². The van der Waals surface area contributed by atoms with E-state index in [1.807, 2.05) is 22.9 Å². The Hall–Kier alpha value is -3.43. The molecule has 1 aromatic carbocycles. The molecule has 4 aromatic rings. The normalized spacial score (nSPS) is 14.4. The van der Waals surface area contributed by atoms with Crippen LogP contribution in [0.5, 0.6) is 5.75 Å². The molecular formula is C24H23ClN4O5. The lowest BCUT2D eigenvalue weighted by atomic mass is 10.1. The number of rotatable bonds is 8. The van der Waals surface area contributed by atoms with Crippen LogP contribution in [-0.2, 0) is 20.8 Å². The number of carbonyl (C=O) groups is 1. The Balaban J connectivity index is 1.54. The monoisotopic (exact) mass is 482 g/mol. The highest BCUT2D eigenvalue weighted by atomic mass is 35.5. The SMILES string of the molecule is COC(=O)C(OC)c1nn(Cc2cn3cc(OCC4CC4)c(Cl)cc3n2)c2ccccc2c1=O. The van der Waals surface area contributed by atoms with Crippen LogP contribution in [-0.4, -0.2) is 46.0 Å². The molecule has 0 saturated heterocycles. The smallest absolute Gasteiger partial charge is 0.341 e. The van der Waals surface area contributed by atoms with Crippen LogP contribution < -0.4 is 10.2 Å². The van der Waals surface area contributed by atoms with Crippen LogP contribution in [0.25, 0.3) is 16.6 Å². The maximum atomic E-state index is 13.1. The second-order valence-corrected chi connectivity index (χ2v) is 8.67. The zero-order chi connectivity index (χ0) is 23.8. The third-order valence-corrected chi connectivity index (χ3v) is 6.12. The molecule has 1 fully saturated rings. The Labute approximate surface area is 199 Å². The third kappa shape index (κ3) is 4.24. The Morgan fingerprint density at radius 1 is 1.24 bits per heavy atom. The Morgan fingerprint density at radius 3 is 2.76 bits per heavy atom. The van der Waals surface area contributed by atoms with Crippen molar-refractivity contribution in [2.75, 3.05) is 20.8 Å². The number of fused-ring (bicyclic) bond motifs is 2. The van der Waals surface area contributed by atoms with Gasteiger partial charge in [0.15, 0.2) is 5.75 Å². The lowest BCUT2D eigenvalue weighted by Crippen LogP contribution is -2.28. The predicted octanol–water partition coefficient (Wildman–Crippen LogP) is 3.40. The van der Waals surface area contributed by atoms with E-state index < -0.39 is 12.1 Å². The molecule has 1 aliphatic carbocycles. The summed E-state index contributed by atoms with van der Waals surface area (Å²) >= 11 is 6.40. The molecule has 3 heterocycles. The molecule has 0 N–H and O–H groups in total. The van der Waals surface area contributed by atoms with E-state index in [0.717, 1.165) is 0 Å². The summed E-state index contributed by atoms with van der Waals surface area (Å²) in [5.74, 6) is 0.523. The van der Waals surface area contributed by atoms with Gasteiger partial charge in [-0.1, -0.05) is 23.7 Å². The van der Waals surface area contributed by atoms with Crippen LogP contribution in [0.2, 0.25) is 5.02 Å². The van der Waals surface area contributed by atoms with Gasteiger partial charge < -0.3 is 18.6 Å². The van der Waals surface area contributed by atoms with Crippen molar-refractivity contribution in [3.05, 3.63) is 69.4 Å². The highest BCUT2D eigenvalue weighted by Crippen LogP contribution is 2.32. The largest absolute Gasteiger partial charge is 0.490 e. The Bertz CT molecular complexity index is 1440. The zero-order valence-corrected chi connectivity index (χ0v) is 19.5. The summed E-state index contributed by atoms with van der Waals surface area (Å²) in [6, 6.07) is 8.82. The van der Waals surface area contributed by atoms with Gasteiger partial charge in [-0.15, -0.1) is 0 Å². The van der Waals surface area contributed by atoms with E-state index in [9.17, 15) is 9.59 Å². The summed E-state index contributed by atoms with van der Waals surface area (Å²) in [4.78, 5) is 29.9. The molecule has 176 valence electrons. The second kappa shape index (κ2) is 9.08. The number of halogens is 1. The Morgan fingerprint density at radius 2 is 2.03 bits per heavy atom. The van der Waals surface area contributed by atoms with Gasteiger partial charge in [-0.05, 0) is 30.9 Å². The molecule has 1 aliphatic rings. The minimum absolute atomic E-state index is 0.0457. The topological polar surface area (TPSA) is 97.0 Å². The number of para-hydroxylation sites is 1. The van der Waals surface area contributed by atoms with Crippen molar-refractivity contribution < 1.29 is 19.0 Å². The van der Waals surface area contributed by atoms with Crippen molar-refractivity contribution in [2.45, 2.75) is 25.5 Å². The first-order valence-corrected chi connectivity index (χ1v) is 11.3. The fourth-order valence-electron chi connectivity index (χ4n) is 3.85. The molecule has 10 heteroatoms. The molecule has 5 rings (SSSR count). The average Bonchev–Trinajstić information content (AvgIpc) is 3.59. The molecule has 0 bridgehead atoms. The van der Waals surface area contributed by atoms with E-state index in [4.69, 9.17) is 25.8 Å². The number of nitrogens with zero attached hydrogens (tertiary/aromatic N) is 4. The molecule has 1 unspecified atom stereocenters. The molecule has 9 nitrogen and oxygen atoms in total. The van der Waals surface area contributed by atoms with Crippen molar-refractivity contribution >= 4 is 34.1 Å². The first-order chi connectivity index (χ1) is 16.5. The molecule has 34 heavy (non-hydrogen) atoms. The quantitative estimate of drug-likeness (QED) is 0.355. The molecule has 3 aromatic heterocycles. The lowest BCUT2D eigenvalue weighted by molar-refractivity contribution is -0.153. The van der Waals surface area contributed by atoms with Gasteiger partial charge in [-0.3, -0.25) is 9.48 Å². The maximum Gasteiger partial charge on any atom is 0.341 e. The number of imidazole rings is 1. The van der Waals surface area contributed by atoms with E-state index in [-0.39, 0.29) is 17.7 Å². The summed E-state index contributed by atoms with van der Waals surface area (Å²) in [7, 11) is 2.56. The summed E-state index contributed by atoms with van der Waals surface area (Å²) in [5, 5.41) is 5.39. The van der Waals surface area contributed by atoms with Crippen LogP contribution >= 0.6 is 11.6 Å². The standard InChI is InChI=1S/C24H23ClN4O5/c1-32-23(24(31)33-2)21-22(30)16-5-3-4-6-18(16)29(27-21)11-15-10-28-12-19(34-13-14-7-8-14)17(25)9-20(28)26-15/h3-6,9-10,12,14,23H,7-8,11,13H2,1-2H3. The molecule has 1 atom stereocenters. The van der Waals surface area contributed by atoms with Crippen molar-refractivity contribution in [1.29, 1.82) is 0 Å². The lowest BCUT2D eigenvalue weighted by Gasteiger charge is -2.15. The van der Waals surface area contributed by atoms with Crippen molar-refractivity contribution in [1.82, 2.24) is 19.2 Å². The van der Waals surface area contributed by atoms with Crippen molar-refractivity contribution in [3.63, 3.8) is 0 Å². The number of pyridine rings is 1. The molecule has 0 radical (unpaired) electrons.